The lowest BCUT2D eigenvalue weighted by molar-refractivity contribution is 0.411. The molecule has 0 aliphatic carbocycles. The van der Waals surface area contributed by atoms with E-state index in [9.17, 15) is 9.90 Å². The molecule has 100 valence electrons. The average molecular weight is 289 g/mol. The van der Waals surface area contributed by atoms with Crippen LogP contribution < -0.4 is 10.4 Å². The first-order valence-corrected chi connectivity index (χ1v) is 6.20. The summed E-state index contributed by atoms with van der Waals surface area (Å²) in [7, 11) is 0. The lowest BCUT2D eigenvalue weighted by Crippen LogP contribution is -1.94. The van der Waals surface area contributed by atoms with Crippen molar-refractivity contribution in [3.63, 3.8) is 0 Å². The van der Waals surface area contributed by atoms with Gasteiger partial charge in [0.25, 0.3) is 0 Å². The molecule has 0 unspecified atom stereocenters. The van der Waals surface area contributed by atoms with Crippen molar-refractivity contribution in [2.24, 2.45) is 0 Å². The molecule has 0 fully saturated rings. The maximum absolute atomic E-state index is 11.1. The largest absolute Gasteiger partial charge is 0.504 e. The Morgan fingerprint density at radius 2 is 1.90 bits per heavy atom. The normalized spacial score (nSPS) is 10.7. The molecule has 0 spiro atoms. The van der Waals surface area contributed by atoms with Crippen LogP contribution in [0.2, 0.25) is 5.02 Å². The van der Waals surface area contributed by atoms with E-state index in [1.165, 1.54) is 12.1 Å². The van der Waals surface area contributed by atoms with Gasteiger partial charge in [0, 0.05) is 22.5 Å². The summed E-state index contributed by atoms with van der Waals surface area (Å²) >= 11 is 5.76. The molecule has 0 aliphatic rings. The van der Waals surface area contributed by atoms with Crippen molar-refractivity contribution >= 4 is 22.6 Å². The van der Waals surface area contributed by atoms with Crippen molar-refractivity contribution in [1.29, 1.82) is 0 Å². The Morgan fingerprint density at radius 1 is 1.05 bits per heavy atom. The molecule has 0 saturated heterocycles. The van der Waals surface area contributed by atoms with E-state index < -0.39 is 5.63 Å². The maximum Gasteiger partial charge on any atom is 0.336 e. The van der Waals surface area contributed by atoms with Gasteiger partial charge in [0.15, 0.2) is 11.5 Å². The van der Waals surface area contributed by atoms with E-state index in [4.69, 9.17) is 20.8 Å². The van der Waals surface area contributed by atoms with Crippen LogP contribution in [-0.4, -0.2) is 5.11 Å². The van der Waals surface area contributed by atoms with Crippen LogP contribution in [0.1, 0.15) is 0 Å². The number of ether oxygens (including phenoxy) is 1. The highest BCUT2D eigenvalue weighted by Crippen LogP contribution is 2.33. The number of halogens is 1. The van der Waals surface area contributed by atoms with E-state index in [2.05, 4.69) is 0 Å². The van der Waals surface area contributed by atoms with E-state index in [-0.39, 0.29) is 5.75 Å². The van der Waals surface area contributed by atoms with Gasteiger partial charge >= 0.3 is 5.63 Å². The fourth-order valence-corrected chi connectivity index (χ4v) is 1.98. The Kier molecular flexibility index (Phi) is 3.08. The monoisotopic (exact) mass is 288 g/mol. The minimum atomic E-state index is -0.401. The predicted molar refractivity (Wildman–Crippen MR) is 75.7 cm³/mol. The molecule has 4 nitrogen and oxygen atoms in total. The second kappa shape index (κ2) is 4.90. The van der Waals surface area contributed by atoms with Crippen LogP contribution in [0, 0.1) is 0 Å². The topological polar surface area (TPSA) is 59.7 Å². The van der Waals surface area contributed by atoms with Crippen molar-refractivity contribution in [2.75, 3.05) is 0 Å². The number of benzene rings is 2. The first-order valence-electron chi connectivity index (χ1n) is 5.82. The summed E-state index contributed by atoms with van der Waals surface area (Å²) in [4.78, 5) is 11.1. The molecule has 20 heavy (non-hydrogen) atoms. The quantitative estimate of drug-likeness (QED) is 0.726. The van der Waals surface area contributed by atoms with Gasteiger partial charge in [-0.1, -0.05) is 11.6 Å². The van der Waals surface area contributed by atoms with Gasteiger partial charge in [0.1, 0.15) is 11.3 Å². The molecule has 0 amide bonds. The summed E-state index contributed by atoms with van der Waals surface area (Å²) < 4.78 is 10.6. The lowest BCUT2D eigenvalue weighted by atomic mass is 10.2. The first kappa shape index (κ1) is 12.6. The zero-order chi connectivity index (χ0) is 14.1. The highest BCUT2D eigenvalue weighted by molar-refractivity contribution is 6.30. The van der Waals surface area contributed by atoms with Crippen molar-refractivity contribution < 1.29 is 14.3 Å². The Labute approximate surface area is 118 Å². The predicted octanol–water partition coefficient (Wildman–Crippen LogP) is 3.94. The van der Waals surface area contributed by atoms with Crippen LogP contribution in [0.5, 0.6) is 17.2 Å². The number of hydrogen-bond donors (Lipinski definition) is 1. The minimum Gasteiger partial charge on any atom is -0.504 e. The summed E-state index contributed by atoms with van der Waals surface area (Å²) in [5.41, 5.74) is 0.0756. The highest BCUT2D eigenvalue weighted by atomic mass is 35.5. The molecule has 2 aromatic carbocycles. The highest BCUT2D eigenvalue weighted by Gasteiger charge is 2.06. The molecule has 1 N–H and O–H groups in total. The van der Waals surface area contributed by atoms with E-state index in [1.54, 1.807) is 36.4 Å². The molecule has 0 aliphatic heterocycles. The van der Waals surface area contributed by atoms with Crippen LogP contribution in [-0.2, 0) is 0 Å². The first-order chi connectivity index (χ1) is 9.61. The zero-order valence-electron chi connectivity index (χ0n) is 10.2. The van der Waals surface area contributed by atoms with Gasteiger partial charge < -0.3 is 14.3 Å². The van der Waals surface area contributed by atoms with Crippen LogP contribution in [0.15, 0.2) is 57.7 Å². The Morgan fingerprint density at radius 3 is 2.70 bits per heavy atom. The van der Waals surface area contributed by atoms with Gasteiger partial charge in [-0.2, -0.15) is 0 Å². The maximum atomic E-state index is 11.1. The molecule has 1 aromatic heterocycles. The van der Waals surface area contributed by atoms with E-state index in [0.29, 0.717) is 22.1 Å². The molecule has 0 radical (unpaired) electrons. The Bertz CT molecular complexity index is 839. The second-order valence-electron chi connectivity index (χ2n) is 4.17. The standard InChI is InChI=1S/C15H9ClO4/c16-10-2-4-14(12(17)8-10)19-11-3-5-13-9(7-11)1-6-15(18)20-13/h1-8,17H. The van der Waals surface area contributed by atoms with Crippen LogP contribution in [0.3, 0.4) is 0 Å². The SMILES string of the molecule is O=c1ccc2cc(Oc3ccc(Cl)cc3O)ccc2o1. The molecule has 0 bridgehead atoms. The summed E-state index contributed by atoms with van der Waals surface area (Å²) in [5.74, 6) is 0.771. The van der Waals surface area contributed by atoms with Crippen LogP contribution in [0.4, 0.5) is 0 Å². The molecular formula is C15H9ClO4. The minimum absolute atomic E-state index is 0.0443. The fourth-order valence-electron chi connectivity index (χ4n) is 1.82. The van der Waals surface area contributed by atoms with E-state index in [1.807, 2.05) is 0 Å². The van der Waals surface area contributed by atoms with Crippen LogP contribution in [0.25, 0.3) is 11.0 Å². The van der Waals surface area contributed by atoms with Crippen molar-refractivity contribution in [1.82, 2.24) is 0 Å². The Balaban J connectivity index is 1.98. The molecule has 0 atom stereocenters. The van der Waals surface area contributed by atoms with Crippen molar-refractivity contribution in [3.05, 3.63) is 64.0 Å². The third-order valence-corrected chi connectivity index (χ3v) is 2.97. The number of aromatic hydroxyl groups is 1. The number of fused-ring (bicyclic) bond motifs is 1. The number of rotatable bonds is 2. The number of phenolic OH excluding ortho intramolecular Hbond substituents is 1. The third kappa shape index (κ3) is 2.46. The lowest BCUT2D eigenvalue weighted by Gasteiger charge is -2.08. The Hall–Kier alpha value is -2.46. The molecule has 3 aromatic rings. The average Bonchev–Trinajstić information content (AvgIpc) is 2.42. The van der Waals surface area contributed by atoms with Gasteiger partial charge in [-0.05, 0) is 36.4 Å². The zero-order valence-corrected chi connectivity index (χ0v) is 10.9. The molecular weight excluding hydrogens is 280 g/mol. The van der Waals surface area contributed by atoms with Gasteiger partial charge in [-0.15, -0.1) is 0 Å². The van der Waals surface area contributed by atoms with Crippen LogP contribution >= 0.6 is 11.6 Å². The van der Waals surface area contributed by atoms with Crippen molar-refractivity contribution in [3.8, 4) is 17.2 Å². The van der Waals surface area contributed by atoms with Gasteiger partial charge in [-0.3, -0.25) is 0 Å². The molecule has 1 heterocycles. The summed E-state index contributed by atoms with van der Waals surface area (Å²) in [6.07, 6.45) is 0. The van der Waals surface area contributed by atoms with E-state index in [0.717, 1.165) is 5.39 Å². The summed E-state index contributed by atoms with van der Waals surface area (Å²) in [6.45, 7) is 0. The fraction of sp³-hybridized carbons (Fsp3) is 0. The second-order valence-corrected chi connectivity index (χ2v) is 4.60. The van der Waals surface area contributed by atoms with E-state index >= 15 is 0 Å². The van der Waals surface area contributed by atoms with Gasteiger partial charge in [-0.25, -0.2) is 4.79 Å². The molecule has 3 rings (SSSR count). The summed E-state index contributed by atoms with van der Waals surface area (Å²) in [6, 6.07) is 12.6. The third-order valence-electron chi connectivity index (χ3n) is 2.74. The summed E-state index contributed by atoms with van der Waals surface area (Å²) in [5, 5.41) is 10.9. The molecule has 5 heteroatoms. The van der Waals surface area contributed by atoms with Gasteiger partial charge in [0.05, 0.1) is 0 Å². The number of hydrogen-bond acceptors (Lipinski definition) is 4. The molecule has 0 saturated carbocycles. The smallest absolute Gasteiger partial charge is 0.336 e. The number of phenols is 1. The van der Waals surface area contributed by atoms with Crippen molar-refractivity contribution in [2.45, 2.75) is 0 Å². The van der Waals surface area contributed by atoms with Gasteiger partial charge in [0.2, 0.25) is 0 Å².